The molecule has 13 nitrogen and oxygen atoms in total. The van der Waals surface area contributed by atoms with Crippen molar-refractivity contribution in [2.24, 2.45) is 4.99 Å². The third-order valence-electron chi connectivity index (χ3n) is 11.9. The Morgan fingerprint density at radius 3 is 2.86 bits per heavy atom. The van der Waals surface area contributed by atoms with Crippen molar-refractivity contribution >= 4 is 39.9 Å². The van der Waals surface area contributed by atoms with Gasteiger partial charge in [0.05, 0.1) is 65.7 Å². The number of H-pyrrole nitrogens is 1. The quantitative estimate of drug-likeness (QED) is 0.210. The summed E-state index contributed by atoms with van der Waals surface area (Å²) >= 11 is 1.70. The summed E-state index contributed by atoms with van der Waals surface area (Å²) in [4.78, 5) is 21.1. The van der Waals surface area contributed by atoms with Crippen molar-refractivity contribution in [2.75, 3.05) is 37.4 Å². The highest BCUT2D eigenvalue weighted by molar-refractivity contribution is 7.16. The number of aliphatic imine (C=N–C) groups is 1. The Morgan fingerprint density at radius 1 is 1.18 bits per heavy atom. The molecule has 262 valence electrons. The predicted molar refractivity (Wildman–Crippen MR) is 194 cm³/mol. The summed E-state index contributed by atoms with van der Waals surface area (Å²) in [5.41, 5.74) is 13.5. The Kier molecular flexibility index (Phi) is 7.81. The Bertz CT molecular complexity index is 2070. The molecule has 1 spiro atoms. The normalized spacial score (nSPS) is 24.6. The SMILES string of the molecule is C=NCc1c(N)sc2c1C1(CCC2)CCCc2c(-c3nc(N4CCOCc5[nH]ncc5C4C)c4cnn(C(C)C5CCCN5C)c4n3)noc21. The zero-order valence-electron chi connectivity index (χ0n) is 29.1. The number of fused-ring (bicyclic) bond motifs is 6. The van der Waals surface area contributed by atoms with Crippen molar-refractivity contribution in [3.63, 3.8) is 0 Å². The number of nitrogens with one attached hydrogen (secondary N) is 1. The summed E-state index contributed by atoms with van der Waals surface area (Å²) in [7, 11) is 2.21. The smallest absolute Gasteiger partial charge is 0.186 e. The number of thiophene rings is 1. The summed E-state index contributed by atoms with van der Waals surface area (Å²) < 4.78 is 14.7. The number of hydrogen-bond donors (Lipinski definition) is 2. The highest BCUT2D eigenvalue weighted by Gasteiger charge is 2.48. The molecule has 0 aromatic carbocycles. The number of aromatic nitrogens is 7. The minimum atomic E-state index is -0.288. The molecule has 2 aliphatic carbocycles. The number of rotatable bonds is 6. The lowest BCUT2D eigenvalue weighted by Crippen LogP contribution is -2.35. The molecule has 50 heavy (non-hydrogen) atoms. The molecule has 5 aromatic heterocycles. The van der Waals surface area contributed by atoms with E-state index in [0.29, 0.717) is 38.2 Å². The lowest BCUT2D eigenvalue weighted by atomic mass is 9.63. The fraction of sp³-hybridized carbons (Fsp3) is 0.556. The number of nitrogen functional groups attached to an aromatic ring is 1. The molecule has 5 aromatic rings. The van der Waals surface area contributed by atoms with Gasteiger partial charge in [0.15, 0.2) is 22.9 Å². The second-order valence-electron chi connectivity index (χ2n) is 14.6. The Balaban J connectivity index is 1.22. The van der Waals surface area contributed by atoms with E-state index in [0.717, 1.165) is 107 Å². The number of ether oxygens (including phenoxy) is 1. The van der Waals surface area contributed by atoms with Crippen LogP contribution < -0.4 is 10.6 Å². The van der Waals surface area contributed by atoms with Gasteiger partial charge < -0.3 is 24.8 Å². The van der Waals surface area contributed by atoms with Crippen molar-refractivity contribution in [1.82, 2.24) is 40.0 Å². The van der Waals surface area contributed by atoms with E-state index in [1.165, 1.54) is 16.9 Å². The number of aromatic amines is 1. The van der Waals surface area contributed by atoms with Gasteiger partial charge in [0.2, 0.25) is 0 Å². The van der Waals surface area contributed by atoms with Crippen LogP contribution >= 0.6 is 11.3 Å². The van der Waals surface area contributed by atoms with Crippen molar-refractivity contribution < 1.29 is 9.26 Å². The molecule has 3 N–H and O–H groups in total. The first kappa shape index (κ1) is 31.8. The third-order valence-corrected chi connectivity index (χ3v) is 13.1. The maximum absolute atomic E-state index is 6.62. The number of aryl methyl sites for hydroxylation is 1. The van der Waals surface area contributed by atoms with Crippen LogP contribution in [0.15, 0.2) is 21.9 Å². The fourth-order valence-corrected chi connectivity index (χ4v) is 10.7. The second-order valence-corrected chi connectivity index (χ2v) is 15.7. The molecule has 2 aliphatic heterocycles. The number of nitrogens with two attached hydrogens (primary N) is 1. The van der Waals surface area contributed by atoms with Gasteiger partial charge in [-0.1, -0.05) is 5.16 Å². The van der Waals surface area contributed by atoms with Crippen molar-refractivity contribution in [1.29, 1.82) is 0 Å². The molecule has 7 heterocycles. The van der Waals surface area contributed by atoms with Crippen LogP contribution in [0.3, 0.4) is 0 Å². The minimum Gasteiger partial charge on any atom is -0.390 e. The van der Waals surface area contributed by atoms with E-state index >= 15 is 0 Å². The van der Waals surface area contributed by atoms with E-state index in [-0.39, 0.29) is 17.5 Å². The molecule has 14 heteroatoms. The summed E-state index contributed by atoms with van der Waals surface area (Å²) in [6.07, 6.45) is 12.1. The first-order valence-corrected chi connectivity index (χ1v) is 18.9. The lowest BCUT2D eigenvalue weighted by Gasteiger charge is -2.39. The molecule has 0 saturated carbocycles. The van der Waals surface area contributed by atoms with Gasteiger partial charge in [0, 0.05) is 34.2 Å². The Morgan fingerprint density at radius 2 is 2.04 bits per heavy atom. The molecule has 1 fully saturated rings. The van der Waals surface area contributed by atoms with Gasteiger partial charge in [0.25, 0.3) is 0 Å². The van der Waals surface area contributed by atoms with Gasteiger partial charge in [-0.25, -0.2) is 14.6 Å². The highest BCUT2D eigenvalue weighted by Crippen LogP contribution is 2.55. The van der Waals surface area contributed by atoms with Crippen molar-refractivity contribution in [2.45, 2.75) is 102 Å². The van der Waals surface area contributed by atoms with Crippen LogP contribution in [-0.2, 0) is 36.1 Å². The largest absolute Gasteiger partial charge is 0.390 e. The summed E-state index contributed by atoms with van der Waals surface area (Å²) in [5.74, 6) is 2.33. The van der Waals surface area contributed by atoms with Gasteiger partial charge in [0.1, 0.15) is 5.82 Å². The van der Waals surface area contributed by atoms with E-state index in [1.54, 1.807) is 11.3 Å². The van der Waals surface area contributed by atoms with E-state index in [2.05, 4.69) is 57.3 Å². The number of nitrogens with zero attached hydrogens (tertiary/aromatic N) is 9. The van der Waals surface area contributed by atoms with E-state index in [9.17, 15) is 0 Å². The van der Waals surface area contributed by atoms with Crippen LogP contribution in [0.1, 0.15) is 103 Å². The fourth-order valence-electron chi connectivity index (χ4n) is 9.49. The maximum Gasteiger partial charge on any atom is 0.186 e. The molecule has 0 radical (unpaired) electrons. The molecule has 9 rings (SSSR count). The molecular weight excluding hydrogens is 651 g/mol. The van der Waals surface area contributed by atoms with Crippen LogP contribution in [0.5, 0.6) is 0 Å². The Labute approximate surface area is 295 Å². The van der Waals surface area contributed by atoms with Crippen LogP contribution in [0, 0.1) is 0 Å². The van der Waals surface area contributed by atoms with E-state index in [1.807, 2.05) is 12.4 Å². The van der Waals surface area contributed by atoms with Crippen molar-refractivity contribution in [3.05, 3.63) is 51.0 Å². The molecule has 1 saturated heterocycles. The molecule has 0 amide bonds. The van der Waals surface area contributed by atoms with Crippen LogP contribution in [0.2, 0.25) is 0 Å². The molecule has 4 aliphatic rings. The Hall–Kier alpha value is -4.14. The van der Waals surface area contributed by atoms with Gasteiger partial charge in [-0.05, 0) is 91.1 Å². The lowest BCUT2D eigenvalue weighted by molar-refractivity contribution is 0.118. The molecule has 0 bridgehead atoms. The summed E-state index contributed by atoms with van der Waals surface area (Å²) in [5, 5.41) is 19.1. The highest BCUT2D eigenvalue weighted by atomic mass is 32.1. The van der Waals surface area contributed by atoms with Crippen LogP contribution in [0.25, 0.3) is 22.6 Å². The average molecular weight is 696 g/mol. The maximum atomic E-state index is 6.62. The summed E-state index contributed by atoms with van der Waals surface area (Å²) in [6.45, 7) is 11.6. The minimum absolute atomic E-state index is 0.00330. The second kappa shape index (κ2) is 12.3. The van der Waals surface area contributed by atoms with E-state index < -0.39 is 0 Å². The average Bonchev–Trinajstić information content (AvgIpc) is 3.95. The topological polar surface area (TPSA) is 152 Å². The first-order chi connectivity index (χ1) is 24.4. The zero-order valence-corrected chi connectivity index (χ0v) is 29.9. The number of anilines is 2. The standard InChI is InChI=1S/C36H45N11O2S/c1-20-23-17-39-43-26(23)19-48-15-14-46(20)34-25-18-40-47(21(2)27-9-7-13-45(27)4)35(25)42-33(41-34)30-22-8-5-11-36(31(22)49-44-30)12-6-10-28-29(36)24(16-38-3)32(37)50-28/h17-18,20-21,27H,3,5-16,19,37H2,1-2,4H3,(H,39,43). The number of likely N-dealkylation sites (tertiary alicyclic amines) is 1. The molecule has 4 atom stereocenters. The molecular formula is C36H45N11O2S. The predicted octanol–water partition coefficient (Wildman–Crippen LogP) is 5.76. The van der Waals surface area contributed by atoms with Gasteiger partial charge in [-0.2, -0.15) is 10.2 Å². The van der Waals surface area contributed by atoms with Gasteiger partial charge in [-0.3, -0.25) is 10.1 Å². The summed E-state index contributed by atoms with van der Waals surface area (Å²) in [6, 6.07) is 0.497. The van der Waals surface area contributed by atoms with Gasteiger partial charge >= 0.3 is 0 Å². The monoisotopic (exact) mass is 695 g/mol. The van der Waals surface area contributed by atoms with Crippen molar-refractivity contribution in [3.8, 4) is 11.5 Å². The first-order valence-electron chi connectivity index (χ1n) is 18.0. The van der Waals surface area contributed by atoms with E-state index in [4.69, 9.17) is 35.2 Å². The zero-order chi connectivity index (χ0) is 34.1. The van der Waals surface area contributed by atoms with Crippen LogP contribution in [-0.4, -0.2) is 79.5 Å². The van der Waals surface area contributed by atoms with Gasteiger partial charge in [-0.15, -0.1) is 11.3 Å². The molecule has 4 unspecified atom stereocenters. The number of hydrogen-bond acceptors (Lipinski definition) is 12. The number of likely N-dealkylation sites (N-methyl/N-ethyl adjacent to an activating group) is 1. The van der Waals surface area contributed by atoms with Crippen LogP contribution in [0.4, 0.5) is 10.8 Å². The third kappa shape index (κ3) is 4.78.